The van der Waals surface area contributed by atoms with Crippen molar-refractivity contribution in [1.29, 1.82) is 0 Å². The maximum absolute atomic E-state index is 9.02. The second-order valence-corrected chi connectivity index (χ2v) is 5.03. The zero-order chi connectivity index (χ0) is 12.9. The van der Waals surface area contributed by atoms with Gasteiger partial charge in [-0.1, -0.05) is 33.6 Å². The molecule has 1 N–H and O–H groups in total. The lowest BCUT2D eigenvalue weighted by molar-refractivity contribution is 0.0361. The van der Waals surface area contributed by atoms with Crippen molar-refractivity contribution in [1.82, 2.24) is 0 Å². The highest BCUT2D eigenvalue weighted by molar-refractivity contribution is 4.55. The van der Waals surface area contributed by atoms with Crippen LogP contribution in [0.1, 0.15) is 46.5 Å². The predicted octanol–water partition coefficient (Wildman–Crippen LogP) is 2.86. The molecule has 0 heterocycles. The second-order valence-electron chi connectivity index (χ2n) is 5.03. The fourth-order valence-corrected chi connectivity index (χ4v) is 1.60. The van der Waals surface area contributed by atoms with Gasteiger partial charge in [0.1, 0.15) is 0 Å². The van der Waals surface area contributed by atoms with Gasteiger partial charge < -0.3 is 14.6 Å². The van der Waals surface area contributed by atoms with Crippen LogP contribution < -0.4 is 0 Å². The van der Waals surface area contributed by atoms with E-state index in [2.05, 4.69) is 20.8 Å². The van der Waals surface area contributed by atoms with Crippen molar-refractivity contribution in [2.24, 2.45) is 11.8 Å². The minimum Gasteiger partial charge on any atom is -0.396 e. The molecule has 0 spiro atoms. The first-order chi connectivity index (χ1) is 8.20. The van der Waals surface area contributed by atoms with Gasteiger partial charge in [-0.05, 0) is 24.7 Å². The number of hydrogen-bond donors (Lipinski definition) is 1. The van der Waals surface area contributed by atoms with Gasteiger partial charge in [-0.15, -0.1) is 0 Å². The first kappa shape index (κ1) is 16.9. The fourth-order valence-electron chi connectivity index (χ4n) is 1.60. The molecule has 0 aromatic carbocycles. The lowest BCUT2D eigenvalue weighted by Gasteiger charge is -2.11. The van der Waals surface area contributed by atoms with E-state index in [0.29, 0.717) is 31.7 Å². The second kappa shape index (κ2) is 12.3. The van der Waals surface area contributed by atoms with E-state index >= 15 is 0 Å². The van der Waals surface area contributed by atoms with E-state index in [0.717, 1.165) is 38.9 Å². The van der Waals surface area contributed by atoms with Crippen LogP contribution in [0.25, 0.3) is 0 Å². The van der Waals surface area contributed by atoms with Crippen molar-refractivity contribution in [3.8, 4) is 0 Å². The number of unbranched alkanes of at least 4 members (excludes halogenated alkanes) is 1. The Bertz CT molecular complexity index is 144. The Morgan fingerprint density at radius 2 is 1.71 bits per heavy atom. The van der Waals surface area contributed by atoms with Crippen molar-refractivity contribution >= 4 is 0 Å². The molecule has 0 saturated carbocycles. The van der Waals surface area contributed by atoms with Gasteiger partial charge in [-0.3, -0.25) is 0 Å². The molecule has 0 bridgehead atoms. The Kier molecular flexibility index (Phi) is 12.3. The molecule has 17 heavy (non-hydrogen) atoms. The Hall–Kier alpha value is -0.120. The number of ether oxygens (including phenoxy) is 2. The summed E-state index contributed by atoms with van der Waals surface area (Å²) >= 11 is 0. The SMILES string of the molecule is CCC(CO)CCCCOCCOCC(C)C. The molecule has 0 fully saturated rings. The van der Waals surface area contributed by atoms with Gasteiger partial charge in [-0.25, -0.2) is 0 Å². The standard InChI is InChI=1S/C14H30O3/c1-4-14(11-15)7-5-6-8-16-9-10-17-12-13(2)3/h13-15H,4-12H2,1-3H3. The van der Waals surface area contributed by atoms with Gasteiger partial charge in [-0.2, -0.15) is 0 Å². The third-order valence-corrected chi connectivity index (χ3v) is 2.81. The van der Waals surface area contributed by atoms with Crippen molar-refractivity contribution in [3.63, 3.8) is 0 Å². The van der Waals surface area contributed by atoms with Crippen LogP contribution >= 0.6 is 0 Å². The van der Waals surface area contributed by atoms with Crippen LogP contribution in [0.3, 0.4) is 0 Å². The lowest BCUT2D eigenvalue weighted by atomic mass is 10.0. The third kappa shape index (κ3) is 12.1. The molecule has 0 aliphatic heterocycles. The van der Waals surface area contributed by atoms with Crippen molar-refractivity contribution in [3.05, 3.63) is 0 Å². The predicted molar refractivity (Wildman–Crippen MR) is 71.2 cm³/mol. The molecule has 0 saturated heterocycles. The van der Waals surface area contributed by atoms with Gasteiger partial charge in [0.05, 0.1) is 13.2 Å². The Balaban J connectivity index is 3.08. The summed E-state index contributed by atoms with van der Waals surface area (Å²) in [6.07, 6.45) is 4.41. The molecule has 1 atom stereocenters. The maximum Gasteiger partial charge on any atom is 0.0700 e. The number of aliphatic hydroxyl groups excluding tert-OH is 1. The zero-order valence-electron chi connectivity index (χ0n) is 11.8. The molecule has 104 valence electrons. The van der Waals surface area contributed by atoms with E-state index in [-0.39, 0.29) is 0 Å². The van der Waals surface area contributed by atoms with Crippen LogP contribution in [0.2, 0.25) is 0 Å². The largest absolute Gasteiger partial charge is 0.396 e. The molecule has 1 unspecified atom stereocenters. The summed E-state index contributed by atoms with van der Waals surface area (Å²) in [6.45, 7) is 9.77. The Morgan fingerprint density at radius 1 is 1.00 bits per heavy atom. The highest BCUT2D eigenvalue weighted by Crippen LogP contribution is 2.11. The number of aliphatic hydroxyl groups is 1. The first-order valence-corrected chi connectivity index (χ1v) is 6.97. The molecule has 3 heteroatoms. The van der Waals surface area contributed by atoms with E-state index in [1.807, 2.05) is 0 Å². The first-order valence-electron chi connectivity index (χ1n) is 6.97. The summed E-state index contributed by atoms with van der Waals surface area (Å²) in [5, 5.41) is 9.02. The monoisotopic (exact) mass is 246 g/mol. The van der Waals surface area contributed by atoms with Crippen molar-refractivity contribution in [2.45, 2.75) is 46.5 Å². The average Bonchev–Trinajstić information content (AvgIpc) is 2.31. The van der Waals surface area contributed by atoms with Crippen LogP contribution in [-0.4, -0.2) is 38.1 Å². The van der Waals surface area contributed by atoms with Gasteiger partial charge in [0.25, 0.3) is 0 Å². The molecular weight excluding hydrogens is 216 g/mol. The summed E-state index contributed by atoms with van der Waals surface area (Å²) < 4.78 is 10.9. The summed E-state index contributed by atoms with van der Waals surface area (Å²) in [4.78, 5) is 0. The highest BCUT2D eigenvalue weighted by Gasteiger charge is 2.03. The maximum atomic E-state index is 9.02. The van der Waals surface area contributed by atoms with Crippen molar-refractivity contribution < 1.29 is 14.6 Å². The number of hydrogen-bond acceptors (Lipinski definition) is 3. The molecule has 0 aromatic heterocycles. The molecule has 0 amide bonds. The number of rotatable bonds is 12. The van der Waals surface area contributed by atoms with Crippen LogP contribution in [0.4, 0.5) is 0 Å². The molecule has 0 aromatic rings. The van der Waals surface area contributed by atoms with Crippen LogP contribution in [0.15, 0.2) is 0 Å². The van der Waals surface area contributed by atoms with E-state index in [9.17, 15) is 0 Å². The topological polar surface area (TPSA) is 38.7 Å². The summed E-state index contributed by atoms with van der Waals surface area (Å²) in [7, 11) is 0. The van der Waals surface area contributed by atoms with E-state index < -0.39 is 0 Å². The van der Waals surface area contributed by atoms with Gasteiger partial charge >= 0.3 is 0 Å². The van der Waals surface area contributed by atoms with E-state index in [1.165, 1.54) is 0 Å². The van der Waals surface area contributed by atoms with Gasteiger partial charge in [0.2, 0.25) is 0 Å². The van der Waals surface area contributed by atoms with Crippen LogP contribution in [-0.2, 0) is 9.47 Å². The van der Waals surface area contributed by atoms with Crippen LogP contribution in [0, 0.1) is 11.8 Å². The van der Waals surface area contributed by atoms with Gasteiger partial charge in [0.15, 0.2) is 0 Å². The van der Waals surface area contributed by atoms with Gasteiger partial charge in [0, 0.05) is 19.8 Å². The quantitative estimate of drug-likeness (QED) is 0.538. The van der Waals surface area contributed by atoms with E-state index in [1.54, 1.807) is 0 Å². The lowest BCUT2D eigenvalue weighted by Crippen LogP contribution is -2.09. The normalized spacial score (nSPS) is 13.2. The molecular formula is C14H30O3. The molecule has 0 radical (unpaired) electrons. The minimum absolute atomic E-state index is 0.320. The summed E-state index contributed by atoms with van der Waals surface area (Å²) in [6, 6.07) is 0. The fraction of sp³-hybridized carbons (Fsp3) is 1.00. The molecule has 3 nitrogen and oxygen atoms in total. The van der Waals surface area contributed by atoms with Crippen molar-refractivity contribution in [2.75, 3.05) is 33.0 Å². The Morgan fingerprint density at radius 3 is 2.29 bits per heavy atom. The molecule has 0 aliphatic rings. The Labute approximate surface area is 107 Å². The average molecular weight is 246 g/mol. The zero-order valence-corrected chi connectivity index (χ0v) is 11.8. The van der Waals surface area contributed by atoms with Crippen LogP contribution in [0.5, 0.6) is 0 Å². The summed E-state index contributed by atoms with van der Waals surface area (Å²) in [5.74, 6) is 1.07. The highest BCUT2D eigenvalue weighted by atomic mass is 16.5. The van der Waals surface area contributed by atoms with E-state index in [4.69, 9.17) is 14.6 Å². The summed E-state index contributed by atoms with van der Waals surface area (Å²) in [5.41, 5.74) is 0. The smallest absolute Gasteiger partial charge is 0.0700 e. The molecule has 0 rings (SSSR count). The minimum atomic E-state index is 0.320. The third-order valence-electron chi connectivity index (χ3n) is 2.81. The molecule has 0 aliphatic carbocycles.